The predicted molar refractivity (Wildman–Crippen MR) is 141 cm³/mol. The summed E-state index contributed by atoms with van der Waals surface area (Å²) < 4.78 is 18.8. The summed E-state index contributed by atoms with van der Waals surface area (Å²) in [4.78, 5) is 29.4. The Labute approximate surface area is 222 Å². The Kier molecular flexibility index (Phi) is 8.50. The van der Waals surface area contributed by atoms with E-state index in [1.807, 2.05) is 55.5 Å². The molecule has 202 valence electrons. The molecule has 0 unspecified atom stereocenters. The Morgan fingerprint density at radius 2 is 1.82 bits per heavy atom. The topological polar surface area (TPSA) is 108 Å². The molecule has 3 aromatic rings. The Balaban J connectivity index is 1.44. The number of ether oxygens (including phenoxy) is 3. The number of benzene rings is 2. The average molecular weight is 522 g/mol. The zero-order valence-electron chi connectivity index (χ0n) is 21.8. The van der Waals surface area contributed by atoms with Crippen LogP contribution in [0, 0.1) is 0 Å². The fourth-order valence-corrected chi connectivity index (χ4v) is 5.11. The minimum Gasteiger partial charge on any atom is -0.494 e. The number of nitrogens with one attached hydrogen (secondary N) is 1. The first-order chi connectivity index (χ1) is 18.6. The lowest BCUT2D eigenvalue weighted by molar-refractivity contribution is -0.143. The molecular weight excluding hydrogens is 486 g/mol. The summed E-state index contributed by atoms with van der Waals surface area (Å²) >= 11 is 0. The number of hydrogen-bond donors (Lipinski definition) is 1. The summed E-state index contributed by atoms with van der Waals surface area (Å²) in [5.74, 6) is 0.225. The van der Waals surface area contributed by atoms with Crippen molar-refractivity contribution in [3.8, 4) is 5.75 Å². The first-order valence-corrected chi connectivity index (χ1v) is 13.4. The van der Waals surface area contributed by atoms with Crippen LogP contribution in [-0.4, -0.2) is 76.8 Å². The average Bonchev–Trinajstić information content (AvgIpc) is 3.71. The van der Waals surface area contributed by atoms with Gasteiger partial charge in [-0.1, -0.05) is 29.5 Å². The van der Waals surface area contributed by atoms with Crippen LogP contribution in [0.4, 0.5) is 0 Å². The van der Waals surface area contributed by atoms with Gasteiger partial charge in [-0.3, -0.25) is 9.59 Å². The molecule has 2 saturated heterocycles. The van der Waals surface area contributed by atoms with Crippen LogP contribution in [0.5, 0.6) is 5.75 Å². The van der Waals surface area contributed by atoms with E-state index in [1.165, 1.54) is 0 Å². The molecule has 38 heavy (non-hydrogen) atoms. The molecule has 1 aromatic heterocycles. The van der Waals surface area contributed by atoms with Crippen molar-refractivity contribution < 1.29 is 23.8 Å². The van der Waals surface area contributed by atoms with Gasteiger partial charge in [0.15, 0.2) is 0 Å². The molecule has 2 aliphatic rings. The molecule has 2 aliphatic heterocycles. The maximum absolute atomic E-state index is 13.9. The van der Waals surface area contributed by atoms with E-state index in [9.17, 15) is 9.59 Å². The molecule has 5 rings (SSSR count). The first kappa shape index (κ1) is 26.1. The highest BCUT2D eigenvalue weighted by Gasteiger charge is 2.35. The van der Waals surface area contributed by atoms with Crippen molar-refractivity contribution >= 4 is 22.8 Å². The van der Waals surface area contributed by atoms with Crippen LogP contribution in [0.25, 0.3) is 11.0 Å². The van der Waals surface area contributed by atoms with E-state index in [4.69, 9.17) is 14.2 Å². The number of carbonyl (C=O) groups is 2. The van der Waals surface area contributed by atoms with E-state index in [1.54, 1.807) is 9.58 Å². The number of amides is 2. The quantitative estimate of drug-likeness (QED) is 0.413. The van der Waals surface area contributed by atoms with E-state index in [2.05, 4.69) is 15.6 Å². The first-order valence-electron chi connectivity index (χ1n) is 13.4. The summed E-state index contributed by atoms with van der Waals surface area (Å²) in [7, 11) is 0. The number of hydrogen-bond acceptors (Lipinski definition) is 7. The van der Waals surface area contributed by atoms with Gasteiger partial charge in [0.05, 0.1) is 24.3 Å². The maximum atomic E-state index is 13.9. The van der Waals surface area contributed by atoms with Gasteiger partial charge in [-0.25, -0.2) is 4.68 Å². The molecule has 0 radical (unpaired) electrons. The molecular formula is C28H35N5O5. The molecule has 0 bridgehead atoms. The number of para-hydroxylation sites is 1. The lowest BCUT2D eigenvalue weighted by Gasteiger charge is -2.33. The Hall–Kier alpha value is -3.50. The predicted octanol–water partition coefficient (Wildman–Crippen LogP) is 2.87. The van der Waals surface area contributed by atoms with Gasteiger partial charge >= 0.3 is 0 Å². The summed E-state index contributed by atoms with van der Waals surface area (Å²) in [6.07, 6.45) is 3.51. The third kappa shape index (κ3) is 6.14. The number of fused-ring (bicyclic) bond motifs is 1. The van der Waals surface area contributed by atoms with Gasteiger partial charge in [0, 0.05) is 26.3 Å². The standard InChI is InChI=1S/C28H35N5O5/c1-2-36-21-13-11-20(12-14-21)27(28(35)29-17-22-7-5-15-37-22)32(18-23-8-6-16-38-23)26(34)19-33-25-10-4-3-9-24(25)30-31-33/h3-4,9-14,22-23,27H,2,5-8,15-19H2,1H3,(H,29,35)/t22-,23-,27+/m0/s1. The van der Waals surface area contributed by atoms with Crippen LogP contribution in [0.2, 0.25) is 0 Å². The fourth-order valence-electron chi connectivity index (χ4n) is 5.11. The lowest BCUT2D eigenvalue weighted by atomic mass is 10.0. The zero-order valence-corrected chi connectivity index (χ0v) is 21.8. The van der Waals surface area contributed by atoms with Crippen LogP contribution < -0.4 is 10.1 Å². The van der Waals surface area contributed by atoms with Gasteiger partial charge in [-0.15, -0.1) is 5.10 Å². The van der Waals surface area contributed by atoms with Gasteiger partial charge in [0.1, 0.15) is 23.9 Å². The molecule has 0 saturated carbocycles. The van der Waals surface area contributed by atoms with Crippen molar-refractivity contribution in [3.63, 3.8) is 0 Å². The second-order valence-corrected chi connectivity index (χ2v) is 9.70. The minimum atomic E-state index is -0.849. The van der Waals surface area contributed by atoms with E-state index in [0.29, 0.717) is 49.7 Å². The third-order valence-electron chi connectivity index (χ3n) is 7.04. The van der Waals surface area contributed by atoms with Gasteiger partial charge in [0.25, 0.3) is 0 Å². The maximum Gasteiger partial charge on any atom is 0.247 e. The molecule has 2 fully saturated rings. The van der Waals surface area contributed by atoms with Crippen LogP contribution >= 0.6 is 0 Å². The highest BCUT2D eigenvalue weighted by Crippen LogP contribution is 2.27. The van der Waals surface area contributed by atoms with Crippen molar-refractivity contribution in [1.29, 1.82) is 0 Å². The SMILES string of the molecule is CCOc1ccc([C@H](C(=O)NC[C@@H]2CCCO2)N(C[C@@H]2CCCO2)C(=O)Cn2nnc3ccccc32)cc1. The molecule has 0 aliphatic carbocycles. The normalized spacial score (nSPS) is 19.9. The van der Waals surface area contributed by atoms with Crippen LogP contribution in [0.15, 0.2) is 48.5 Å². The molecule has 10 nitrogen and oxygen atoms in total. The fraction of sp³-hybridized carbons (Fsp3) is 0.500. The summed E-state index contributed by atoms with van der Waals surface area (Å²) in [6.45, 7) is 4.49. The van der Waals surface area contributed by atoms with Crippen LogP contribution in [-0.2, 0) is 25.6 Å². The molecule has 3 heterocycles. The number of nitrogens with zero attached hydrogens (tertiary/aromatic N) is 4. The van der Waals surface area contributed by atoms with Crippen molar-refractivity contribution in [2.24, 2.45) is 0 Å². The molecule has 10 heteroatoms. The summed E-state index contributed by atoms with van der Waals surface area (Å²) in [6, 6.07) is 14.0. The number of aromatic nitrogens is 3. The Morgan fingerprint density at radius 3 is 2.53 bits per heavy atom. The third-order valence-corrected chi connectivity index (χ3v) is 7.04. The zero-order chi connectivity index (χ0) is 26.3. The second-order valence-electron chi connectivity index (χ2n) is 9.70. The monoisotopic (exact) mass is 521 g/mol. The Morgan fingerprint density at radius 1 is 1.08 bits per heavy atom. The Bertz CT molecular complexity index is 1220. The van der Waals surface area contributed by atoms with Gasteiger partial charge < -0.3 is 24.4 Å². The van der Waals surface area contributed by atoms with Crippen molar-refractivity contribution in [2.75, 3.05) is 32.9 Å². The summed E-state index contributed by atoms with van der Waals surface area (Å²) in [5.41, 5.74) is 2.18. The van der Waals surface area contributed by atoms with Gasteiger partial charge in [0.2, 0.25) is 11.8 Å². The molecule has 1 N–H and O–H groups in total. The van der Waals surface area contributed by atoms with Crippen molar-refractivity contribution in [3.05, 3.63) is 54.1 Å². The van der Waals surface area contributed by atoms with E-state index < -0.39 is 6.04 Å². The largest absolute Gasteiger partial charge is 0.494 e. The van der Waals surface area contributed by atoms with Gasteiger partial charge in [-0.2, -0.15) is 0 Å². The molecule has 0 spiro atoms. The van der Waals surface area contributed by atoms with Crippen molar-refractivity contribution in [1.82, 2.24) is 25.2 Å². The lowest BCUT2D eigenvalue weighted by Crippen LogP contribution is -2.48. The molecule has 2 aromatic carbocycles. The number of rotatable bonds is 11. The minimum absolute atomic E-state index is 0.0104. The van der Waals surface area contributed by atoms with E-state index in [-0.39, 0.29) is 30.6 Å². The molecule has 3 atom stereocenters. The highest BCUT2D eigenvalue weighted by molar-refractivity contribution is 5.89. The molecule has 2 amide bonds. The smallest absolute Gasteiger partial charge is 0.247 e. The highest BCUT2D eigenvalue weighted by atomic mass is 16.5. The van der Waals surface area contributed by atoms with Gasteiger partial charge in [-0.05, 0) is 62.4 Å². The summed E-state index contributed by atoms with van der Waals surface area (Å²) in [5, 5.41) is 11.4. The van der Waals surface area contributed by atoms with Crippen molar-refractivity contribution in [2.45, 2.75) is 57.4 Å². The number of carbonyl (C=O) groups excluding carboxylic acids is 2. The van der Waals surface area contributed by atoms with Crippen LogP contribution in [0.1, 0.15) is 44.2 Å². The second kappa shape index (κ2) is 12.4. The van der Waals surface area contributed by atoms with E-state index >= 15 is 0 Å². The van der Waals surface area contributed by atoms with E-state index in [0.717, 1.165) is 31.2 Å². The van der Waals surface area contributed by atoms with Crippen LogP contribution in [0.3, 0.4) is 0 Å².